The second-order valence-corrected chi connectivity index (χ2v) is 4.53. The van der Waals surface area contributed by atoms with Crippen LogP contribution in [0.2, 0.25) is 0 Å². The average Bonchev–Trinajstić information content (AvgIpc) is 2.43. The molecule has 0 bridgehead atoms. The van der Waals surface area contributed by atoms with E-state index in [9.17, 15) is 4.79 Å². The van der Waals surface area contributed by atoms with Crippen molar-refractivity contribution < 1.29 is 4.79 Å². The number of hydrogen-bond acceptors (Lipinski definition) is 4. The van der Waals surface area contributed by atoms with E-state index in [1.54, 1.807) is 0 Å². The number of anilines is 1. The summed E-state index contributed by atoms with van der Waals surface area (Å²) in [6, 6.07) is 9.88. The van der Waals surface area contributed by atoms with Crippen LogP contribution in [0.3, 0.4) is 0 Å². The van der Waals surface area contributed by atoms with E-state index in [0.29, 0.717) is 6.54 Å². The molecule has 3 N–H and O–H groups in total. The van der Waals surface area contributed by atoms with Crippen LogP contribution >= 0.6 is 24.8 Å². The lowest BCUT2D eigenvalue weighted by atomic mass is 10.1. The molecule has 1 amide bonds. The molecule has 0 aliphatic rings. The van der Waals surface area contributed by atoms with Crippen LogP contribution in [0.4, 0.5) is 5.82 Å². The summed E-state index contributed by atoms with van der Waals surface area (Å²) in [7, 11) is 3.89. The lowest BCUT2D eigenvalue weighted by Crippen LogP contribution is -2.29. The smallest absolute Gasteiger partial charge is 0.234 e. The quantitative estimate of drug-likeness (QED) is 0.895. The van der Waals surface area contributed by atoms with E-state index in [-0.39, 0.29) is 37.3 Å². The number of carbonyl (C=O) groups excluding carboxylic acids is 1. The predicted molar refractivity (Wildman–Crippen MR) is 91.5 cm³/mol. The van der Waals surface area contributed by atoms with E-state index in [1.165, 1.54) is 0 Å². The molecule has 0 saturated carbocycles. The summed E-state index contributed by atoms with van der Waals surface area (Å²) in [4.78, 5) is 17.8. The Hall–Kier alpha value is -1.56. The van der Waals surface area contributed by atoms with Gasteiger partial charge in [-0.15, -0.1) is 24.8 Å². The van der Waals surface area contributed by atoms with Crippen molar-refractivity contribution in [3.8, 4) is 0 Å². The van der Waals surface area contributed by atoms with Gasteiger partial charge in [0.05, 0.1) is 12.1 Å². The zero-order valence-corrected chi connectivity index (χ0v) is 13.6. The van der Waals surface area contributed by atoms with Crippen molar-refractivity contribution in [2.45, 2.75) is 6.54 Å². The Bertz CT molecular complexity index is 605. The largest absolute Gasteiger partial charge is 0.363 e. The molecule has 1 aromatic carbocycles. The minimum absolute atomic E-state index is 0. The summed E-state index contributed by atoms with van der Waals surface area (Å²) < 4.78 is 0. The first-order valence-electron chi connectivity index (χ1n) is 6.14. The van der Waals surface area contributed by atoms with Gasteiger partial charge in [0, 0.05) is 26.0 Å². The Balaban J connectivity index is 0.00000200. The molecule has 5 nitrogen and oxygen atoms in total. The van der Waals surface area contributed by atoms with Gasteiger partial charge in [0.15, 0.2) is 0 Å². The second kappa shape index (κ2) is 8.67. The van der Waals surface area contributed by atoms with Crippen LogP contribution < -0.4 is 16.0 Å². The number of aromatic nitrogens is 1. The van der Waals surface area contributed by atoms with Crippen molar-refractivity contribution in [2.75, 3.05) is 25.5 Å². The van der Waals surface area contributed by atoms with Gasteiger partial charge in [-0.25, -0.2) is 4.98 Å². The first kappa shape index (κ1) is 19.4. The zero-order valence-electron chi connectivity index (χ0n) is 12.0. The van der Waals surface area contributed by atoms with E-state index in [1.807, 2.05) is 49.3 Å². The highest BCUT2D eigenvalue weighted by atomic mass is 35.5. The number of hydrogen-bond donors (Lipinski definition) is 2. The van der Waals surface area contributed by atoms with Crippen LogP contribution in [-0.2, 0) is 11.3 Å². The molecule has 0 saturated heterocycles. The van der Waals surface area contributed by atoms with Crippen molar-refractivity contribution in [3.63, 3.8) is 0 Å². The molecule has 0 atom stereocenters. The van der Waals surface area contributed by atoms with Gasteiger partial charge in [0.2, 0.25) is 5.91 Å². The number of halogens is 2. The average molecular weight is 331 g/mol. The molecule has 1 aromatic heterocycles. The third-order valence-electron chi connectivity index (χ3n) is 2.91. The number of nitrogens with zero attached hydrogens (tertiary/aromatic N) is 2. The van der Waals surface area contributed by atoms with Gasteiger partial charge in [0.1, 0.15) is 5.82 Å². The van der Waals surface area contributed by atoms with E-state index in [4.69, 9.17) is 5.73 Å². The van der Waals surface area contributed by atoms with Crippen molar-refractivity contribution >= 4 is 47.4 Å². The van der Waals surface area contributed by atoms with Crippen molar-refractivity contribution in [1.82, 2.24) is 10.3 Å². The summed E-state index contributed by atoms with van der Waals surface area (Å²) in [5.41, 5.74) is 7.25. The van der Waals surface area contributed by atoms with Crippen LogP contribution in [0.25, 0.3) is 10.9 Å². The summed E-state index contributed by atoms with van der Waals surface area (Å²) in [6.45, 7) is 0.462. The molecular weight excluding hydrogens is 311 g/mol. The molecule has 2 aromatic rings. The fourth-order valence-electron chi connectivity index (χ4n) is 1.87. The molecule has 0 spiro atoms. The number of nitrogens with one attached hydrogen (secondary N) is 1. The standard InChI is InChI=1S/C14H18N4O.2ClH/c1-18(2)13-7-10(9-16-14(19)8-15)11-5-3-4-6-12(11)17-13;;/h3-7H,8-9,15H2,1-2H3,(H,16,19);2*1H. The van der Waals surface area contributed by atoms with Crippen LogP contribution in [0.1, 0.15) is 5.56 Å². The van der Waals surface area contributed by atoms with E-state index in [0.717, 1.165) is 22.3 Å². The molecule has 0 unspecified atom stereocenters. The molecule has 21 heavy (non-hydrogen) atoms. The van der Waals surface area contributed by atoms with Gasteiger partial charge >= 0.3 is 0 Å². The van der Waals surface area contributed by atoms with Crippen molar-refractivity contribution in [1.29, 1.82) is 0 Å². The first-order valence-corrected chi connectivity index (χ1v) is 6.14. The lowest BCUT2D eigenvalue weighted by molar-refractivity contribution is -0.119. The SMILES string of the molecule is CN(C)c1cc(CNC(=O)CN)c2ccccc2n1.Cl.Cl. The van der Waals surface area contributed by atoms with Gasteiger partial charge < -0.3 is 16.0 Å². The van der Waals surface area contributed by atoms with Gasteiger partial charge in [-0.3, -0.25) is 4.79 Å². The first-order chi connectivity index (χ1) is 9.11. The Morgan fingerprint density at radius 3 is 2.57 bits per heavy atom. The van der Waals surface area contributed by atoms with Crippen LogP contribution in [0.15, 0.2) is 30.3 Å². The highest BCUT2D eigenvalue weighted by Gasteiger charge is 2.07. The molecule has 2 rings (SSSR count). The minimum Gasteiger partial charge on any atom is -0.363 e. The second-order valence-electron chi connectivity index (χ2n) is 4.53. The molecule has 0 aliphatic carbocycles. The Labute approximate surface area is 136 Å². The maximum Gasteiger partial charge on any atom is 0.234 e. The molecule has 0 fully saturated rings. The highest BCUT2D eigenvalue weighted by molar-refractivity contribution is 5.86. The summed E-state index contributed by atoms with van der Waals surface area (Å²) in [5.74, 6) is 0.711. The maximum absolute atomic E-state index is 11.3. The molecule has 1 heterocycles. The molecule has 116 valence electrons. The number of benzene rings is 1. The number of para-hydroxylation sites is 1. The van der Waals surface area contributed by atoms with Crippen molar-refractivity contribution in [2.24, 2.45) is 5.73 Å². The van der Waals surface area contributed by atoms with Gasteiger partial charge in [-0.05, 0) is 17.7 Å². The topological polar surface area (TPSA) is 71.2 Å². The Kier molecular flexibility index (Phi) is 8.02. The maximum atomic E-state index is 11.3. The van der Waals surface area contributed by atoms with E-state index in [2.05, 4.69) is 10.3 Å². The van der Waals surface area contributed by atoms with E-state index >= 15 is 0 Å². The molecule has 7 heteroatoms. The number of fused-ring (bicyclic) bond motifs is 1. The van der Waals surface area contributed by atoms with Crippen LogP contribution in [0, 0.1) is 0 Å². The third-order valence-corrected chi connectivity index (χ3v) is 2.91. The Morgan fingerprint density at radius 1 is 1.29 bits per heavy atom. The lowest BCUT2D eigenvalue weighted by Gasteiger charge is -2.15. The summed E-state index contributed by atoms with van der Waals surface area (Å²) in [5, 5.41) is 3.84. The summed E-state index contributed by atoms with van der Waals surface area (Å²) >= 11 is 0. The molecular formula is C14H20Cl2N4O. The van der Waals surface area contributed by atoms with Crippen LogP contribution in [0.5, 0.6) is 0 Å². The normalized spacial score (nSPS) is 9.48. The number of amides is 1. The third kappa shape index (κ3) is 4.74. The van der Waals surface area contributed by atoms with Gasteiger partial charge in [-0.2, -0.15) is 0 Å². The molecule has 0 radical (unpaired) electrons. The number of carbonyl (C=O) groups is 1. The fraction of sp³-hybridized carbons (Fsp3) is 0.286. The van der Waals surface area contributed by atoms with Gasteiger partial charge in [-0.1, -0.05) is 18.2 Å². The monoisotopic (exact) mass is 330 g/mol. The summed E-state index contributed by atoms with van der Waals surface area (Å²) in [6.07, 6.45) is 0. The van der Waals surface area contributed by atoms with Gasteiger partial charge in [0.25, 0.3) is 0 Å². The molecule has 0 aliphatic heterocycles. The van der Waals surface area contributed by atoms with Crippen molar-refractivity contribution in [3.05, 3.63) is 35.9 Å². The number of pyridine rings is 1. The number of nitrogens with two attached hydrogens (primary N) is 1. The highest BCUT2D eigenvalue weighted by Crippen LogP contribution is 2.21. The number of rotatable bonds is 4. The predicted octanol–water partition coefficient (Wildman–Crippen LogP) is 1.72. The van der Waals surface area contributed by atoms with E-state index < -0.39 is 0 Å². The zero-order chi connectivity index (χ0) is 13.8. The Morgan fingerprint density at radius 2 is 1.95 bits per heavy atom. The minimum atomic E-state index is -0.160. The van der Waals surface area contributed by atoms with Crippen LogP contribution in [-0.4, -0.2) is 31.5 Å². The fourth-order valence-corrected chi connectivity index (χ4v) is 1.87.